The molecule has 5 nitrogen and oxygen atoms in total. The predicted molar refractivity (Wildman–Crippen MR) is 97.0 cm³/mol. The maximum absolute atomic E-state index is 12.3. The number of hydrogen-bond acceptors (Lipinski definition) is 3. The van der Waals surface area contributed by atoms with Gasteiger partial charge in [-0.15, -0.1) is 0 Å². The highest BCUT2D eigenvalue weighted by molar-refractivity contribution is 5.96. The third kappa shape index (κ3) is 3.92. The van der Waals surface area contributed by atoms with Crippen molar-refractivity contribution >= 4 is 17.6 Å². The van der Waals surface area contributed by atoms with Gasteiger partial charge in [0, 0.05) is 23.1 Å². The minimum Gasteiger partial charge on any atom is -0.452 e. The smallest absolute Gasteiger partial charge is 0.340 e. The second-order valence-corrected chi connectivity index (χ2v) is 6.89. The average molecular weight is 340 g/mol. The molecule has 1 aromatic heterocycles. The van der Waals surface area contributed by atoms with Gasteiger partial charge in [0.1, 0.15) is 0 Å². The van der Waals surface area contributed by atoms with E-state index in [1.807, 2.05) is 52.0 Å². The first-order valence-electron chi connectivity index (χ1n) is 8.59. The fourth-order valence-corrected chi connectivity index (χ4v) is 3.33. The maximum Gasteiger partial charge on any atom is 0.340 e. The summed E-state index contributed by atoms with van der Waals surface area (Å²) in [5.41, 5.74) is 5.38. The Kier molecular flexibility index (Phi) is 4.66. The zero-order valence-electron chi connectivity index (χ0n) is 15.2. The zero-order valence-corrected chi connectivity index (χ0v) is 15.2. The summed E-state index contributed by atoms with van der Waals surface area (Å²) in [5, 5.41) is 2.77. The minimum absolute atomic E-state index is 0.293. The van der Waals surface area contributed by atoms with Gasteiger partial charge in [-0.3, -0.25) is 4.79 Å². The lowest BCUT2D eigenvalue weighted by molar-refractivity contribution is -0.119. The van der Waals surface area contributed by atoms with Gasteiger partial charge in [-0.2, -0.15) is 0 Å². The van der Waals surface area contributed by atoms with Gasteiger partial charge in [0.05, 0.1) is 5.56 Å². The molecule has 2 aromatic rings. The number of rotatable bonds is 5. The van der Waals surface area contributed by atoms with Gasteiger partial charge in [0.2, 0.25) is 0 Å². The summed E-state index contributed by atoms with van der Waals surface area (Å²) in [7, 11) is 0. The topological polar surface area (TPSA) is 60.3 Å². The predicted octanol–water partition coefficient (Wildman–Crippen LogP) is 3.85. The van der Waals surface area contributed by atoms with E-state index < -0.39 is 5.97 Å². The summed E-state index contributed by atoms with van der Waals surface area (Å²) in [4.78, 5) is 24.4. The Morgan fingerprint density at radius 2 is 1.72 bits per heavy atom. The first-order valence-corrected chi connectivity index (χ1v) is 8.59. The molecule has 25 heavy (non-hydrogen) atoms. The maximum atomic E-state index is 12.3. The molecule has 1 N–H and O–H groups in total. The van der Waals surface area contributed by atoms with Crippen LogP contribution in [0.25, 0.3) is 0 Å². The minimum atomic E-state index is -0.449. The van der Waals surface area contributed by atoms with E-state index >= 15 is 0 Å². The second-order valence-electron chi connectivity index (χ2n) is 6.89. The number of anilines is 1. The van der Waals surface area contributed by atoms with Crippen LogP contribution in [0.1, 0.15) is 51.8 Å². The van der Waals surface area contributed by atoms with Gasteiger partial charge < -0.3 is 14.6 Å². The van der Waals surface area contributed by atoms with E-state index in [4.69, 9.17) is 4.74 Å². The van der Waals surface area contributed by atoms with E-state index in [9.17, 15) is 9.59 Å². The van der Waals surface area contributed by atoms with Crippen molar-refractivity contribution in [3.05, 3.63) is 52.3 Å². The van der Waals surface area contributed by atoms with Crippen molar-refractivity contribution in [1.29, 1.82) is 0 Å². The van der Waals surface area contributed by atoms with Crippen LogP contribution >= 0.6 is 0 Å². The molecule has 1 aromatic carbocycles. The monoisotopic (exact) mass is 340 g/mol. The SMILES string of the molecule is Cc1cc(C)cc(NC(=O)COC(=O)c2cc(C)n(C3CC3)c2C)c1. The molecule has 1 heterocycles. The Morgan fingerprint density at radius 3 is 2.32 bits per heavy atom. The molecule has 0 aliphatic heterocycles. The van der Waals surface area contributed by atoms with Crippen LogP contribution in [-0.4, -0.2) is 23.1 Å². The van der Waals surface area contributed by atoms with Gasteiger partial charge in [-0.05, 0) is 69.9 Å². The van der Waals surface area contributed by atoms with Gasteiger partial charge in [0.15, 0.2) is 6.61 Å². The standard InChI is InChI=1S/C20H24N2O3/c1-12-7-13(2)9-16(8-12)21-19(23)11-25-20(24)18-10-14(3)22(15(18)4)17-5-6-17/h7-10,17H,5-6,11H2,1-4H3,(H,21,23). The molecule has 1 aliphatic carbocycles. The molecule has 0 atom stereocenters. The molecule has 0 bridgehead atoms. The highest BCUT2D eigenvalue weighted by Crippen LogP contribution is 2.38. The van der Waals surface area contributed by atoms with Crippen molar-refractivity contribution in [3.63, 3.8) is 0 Å². The molecule has 3 rings (SSSR count). The van der Waals surface area contributed by atoms with Crippen molar-refractivity contribution < 1.29 is 14.3 Å². The Balaban J connectivity index is 1.60. The number of nitrogens with zero attached hydrogens (tertiary/aromatic N) is 1. The van der Waals surface area contributed by atoms with Crippen LogP contribution in [0.15, 0.2) is 24.3 Å². The highest BCUT2D eigenvalue weighted by Gasteiger charge is 2.28. The molecule has 1 amide bonds. The normalized spacial score (nSPS) is 13.6. The van der Waals surface area contributed by atoms with Gasteiger partial charge in [0.25, 0.3) is 5.91 Å². The van der Waals surface area contributed by atoms with Gasteiger partial charge in [-0.1, -0.05) is 6.07 Å². The highest BCUT2D eigenvalue weighted by atomic mass is 16.5. The van der Waals surface area contributed by atoms with Crippen LogP contribution in [0.5, 0.6) is 0 Å². The van der Waals surface area contributed by atoms with Crippen molar-refractivity contribution in [1.82, 2.24) is 4.57 Å². The molecule has 1 fully saturated rings. The van der Waals surface area contributed by atoms with E-state index in [-0.39, 0.29) is 12.5 Å². The van der Waals surface area contributed by atoms with Crippen LogP contribution < -0.4 is 5.32 Å². The number of nitrogens with one attached hydrogen (secondary N) is 1. The fraction of sp³-hybridized carbons (Fsp3) is 0.400. The molecule has 1 saturated carbocycles. The van der Waals surface area contributed by atoms with Crippen LogP contribution in [0.2, 0.25) is 0 Å². The zero-order chi connectivity index (χ0) is 18.1. The van der Waals surface area contributed by atoms with E-state index in [1.165, 1.54) is 0 Å². The first-order chi connectivity index (χ1) is 11.8. The molecular weight excluding hydrogens is 316 g/mol. The number of aryl methyl sites for hydroxylation is 3. The first kappa shape index (κ1) is 17.3. The lowest BCUT2D eigenvalue weighted by Gasteiger charge is -2.09. The van der Waals surface area contributed by atoms with E-state index in [2.05, 4.69) is 9.88 Å². The summed E-state index contributed by atoms with van der Waals surface area (Å²) < 4.78 is 7.39. The number of carbonyl (C=O) groups excluding carboxylic acids is 2. The molecule has 132 valence electrons. The van der Waals surface area contributed by atoms with E-state index in [0.717, 1.165) is 35.4 Å². The summed E-state index contributed by atoms with van der Waals surface area (Å²) >= 11 is 0. The molecule has 0 radical (unpaired) electrons. The molecule has 5 heteroatoms. The van der Waals surface area contributed by atoms with E-state index in [0.29, 0.717) is 17.3 Å². The lowest BCUT2D eigenvalue weighted by Crippen LogP contribution is -2.21. The molecule has 1 aliphatic rings. The number of hydrogen-bond donors (Lipinski definition) is 1. The third-order valence-electron chi connectivity index (χ3n) is 4.46. The molecular formula is C20H24N2O3. The molecule has 0 unspecified atom stereocenters. The van der Waals surface area contributed by atoms with Crippen molar-refractivity contribution in [2.75, 3.05) is 11.9 Å². The molecule has 0 spiro atoms. The molecule has 0 saturated heterocycles. The largest absolute Gasteiger partial charge is 0.452 e. The van der Waals surface area contributed by atoms with Crippen LogP contribution in [0, 0.1) is 27.7 Å². The quantitative estimate of drug-likeness (QED) is 0.841. The van der Waals surface area contributed by atoms with Gasteiger partial charge in [-0.25, -0.2) is 4.79 Å². The number of amides is 1. The Labute approximate surface area is 148 Å². The summed E-state index contributed by atoms with van der Waals surface area (Å²) in [6.07, 6.45) is 2.31. The lowest BCUT2D eigenvalue weighted by atomic mass is 10.1. The average Bonchev–Trinajstić information content (AvgIpc) is 3.29. The number of benzene rings is 1. The number of ether oxygens (including phenoxy) is 1. The van der Waals surface area contributed by atoms with Crippen molar-refractivity contribution in [2.24, 2.45) is 0 Å². The Hall–Kier alpha value is -2.56. The summed E-state index contributed by atoms with van der Waals surface area (Å²) in [6.45, 7) is 7.57. The van der Waals surface area contributed by atoms with Crippen LogP contribution in [0.4, 0.5) is 5.69 Å². The van der Waals surface area contributed by atoms with Crippen molar-refractivity contribution in [2.45, 2.75) is 46.6 Å². The van der Waals surface area contributed by atoms with Crippen LogP contribution in [0.3, 0.4) is 0 Å². The Morgan fingerprint density at radius 1 is 1.08 bits per heavy atom. The number of aromatic nitrogens is 1. The van der Waals surface area contributed by atoms with Crippen LogP contribution in [-0.2, 0) is 9.53 Å². The number of carbonyl (C=O) groups is 2. The van der Waals surface area contributed by atoms with E-state index in [1.54, 1.807) is 0 Å². The summed E-state index contributed by atoms with van der Waals surface area (Å²) in [5.74, 6) is -0.787. The number of esters is 1. The second kappa shape index (κ2) is 6.75. The fourth-order valence-electron chi connectivity index (χ4n) is 3.33. The summed E-state index contributed by atoms with van der Waals surface area (Å²) in [6, 6.07) is 8.16. The van der Waals surface area contributed by atoms with Crippen molar-refractivity contribution in [3.8, 4) is 0 Å². The Bertz CT molecular complexity index is 811. The third-order valence-corrected chi connectivity index (χ3v) is 4.46. The van der Waals surface area contributed by atoms with Gasteiger partial charge >= 0.3 is 5.97 Å².